The van der Waals surface area contributed by atoms with Crippen LogP contribution in [0.5, 0.6) is 11.5 Å². The second kappa shape index (κ2) is 16.4. The number of aliphatic hydroxyl groups is 3. The Kier molecular flexibility index (Phi) is 11.7. The molecule has 12 nitrogen and oxygen atoms in total. The van der Waals surface area contributed by atoms with Crippen molar-refractivity contribution >= 4 is 23.9 Å². The zero-order valence-electron chi connectivity index (χ0n) is 36.7. The lowest BCUT2D eigenvalue weighted by molar-refractivity contribution is -0.161. The Morgan fingerprint density at radius 3 is 1.65 bits per heavy atom. The highest BCUT2D eigenvalue weighted by Crippen LogP contribution is 2.65. The van der Waals surface area contributed by atoms with Crippen LogP contribution in [0.3, 0.4) is 0 Å². The van der Waals surface area contributed by atoms with Crippen molar-refractivity contribution in [3.8, 4) is 36.2 Å². The van der Waals surface area contributed by atoms with Gasteiger partial charge in [-0.2, -0.15) is 0 Å². The first-order valence-corrected chi connectivity index (χ1v) is 22.6. The summed E-state index contributed by atoms with van der Waals surface area (Å²) in [6, 6.07) is 11.5. The number of carboxylic acid groups (broad SMARTS) is 1. The molecule has 1 saturated heterocycles. The molecule has 4 N–H and O–H groups in total. The average molecular weight is 865 g/mol. The van der Waals surface area contributed by atoms with Crippen molar-refractivity contribution in [2.45, 2.75) is 159 Å². The first-order valence-electron chi connectivity index (χ1n) is 22.6. The van der Waals surface area contributed by atoms with Crippen LogP contribution in [0.25, 0.3) is 0 Å². The van der Waals surface area contributed by atoms with Gasteiger partial charge in [0.25, 0.3) is 0 Å². The summed E-state index contributed by atoms with van der Waals surface area (Å²) < 4.78 is 21.4. The van der Waals surface area contributed by atoms with E-state index in [0.717, 1.165) is 69.8 Å². The van der Waals surface area contributed by atoms with Crippen LogP contribution in [0.2, 0.25) is 0 Å². The van der Waals surface area contributed by atoms with E-state index in [4.69, 9.17) is 36.9 Å². The molecule has 12 heteroatoms. The third kappa shape index (κ3) is 7.85. The van der Waals surface area contributed by atoms with Gasteiger partial charge in [0.2, 0.25) is 5.79 Å². The number of aliphatic hydroxyl groups excluding tert-OH is 1. The predicted octanol–water partition coefficient (Wildman–Crippen LogP) is 6.53. The fourth-order valence-corrected chi connectivity index (χ4v) is 13.3. The zero-order valence-corrected chi connectivity index (χ0v) is 36.7. The minimum atomic E-state index is -1.76. The molecule has 4 saturated carbocycles. The van der Waals surface area contributed by atoms with Crippen molar-refractivity contribution in [3.05, 3.63) is 58.7 Å². The number of cyclic esters (lactones) is 1. The molecule has 0 spiro atoms. The summed E-state index contributed by atoms with van der Waals surface area (Å²) in [6.07, 6.45) is 18.9. The highest BCUT2D eigenvalue weighted by atomic mass is 16.8. The minimum absolute atomic E-state index is 0.178. The zero-order chi connectivity index (χ0) is 45.3. The molecule has 0 amide bonds. The van der Waals surface area contributed by atoms with Gasteiger partial charge in [0.1, 0.15) is 22.7 Å². The van der Waals surface area contributed by atoms with Crippen LogP contribution in [-0.4, -0.2) is 73.5 Å². The van der Waals surface area contributed by atoms with E-state index >= 15 is 0 Å². The number of aliphatic carboxylic acids is 1. The number of fused-ring (bicyclic) bond motifs is 10. The van der Waals surface area contributed by atoms with Gasteiger partial charge in [-0.3, -0.25) is 9.59 Å². The average Bonchev–Trinajstić information content (AvgIpc) is 3.79. The number of benzene rings is 2. The summed E-state index contributed by atoms with van der Waals surface area (Å²) in [5, 5.41) is 40.1. The minimum Gasteiger partial charge on any atom is -0.479 e. The molecule has 0 radical (unpaired) electrons. The highest BCUT2D eigenvalue weighted by Gasteiger charge is 2.62. The molecular formula is C51H60O12. The molecule has 6 aliphatic carbocycles. The monoisotopic (exact) mass is 864 g/mol. The number of carbonyl (C=O) groups excluding carboxylic acids is 3. The third-order valence-electron chi connectivity index (χ3n) is 16.7. The molecule has 2 aromatic carbocycles. The van der Waals surface area contributed by atoms with Crippen LogP contribution >= 0.6 is 0 Å². The maximum absolute atomic E-state index is 12.4. The lowest BCUT2D eigenvalue weighted by atomic mass is 9.53. The Labute approximate surface area is 369 Å². The molecule has 7 aliphatic rings. The Bertz CT molecular complexity index is 2270. The van der Waals surface area contributed by atoms with Gasteiger partial charge < -0.3 is 39.4 Å². The molecular weight excluding hydrogens is 805 g/mol. The van der Waals surface area contributed by atoms with E-state index in [9.17, 15) is 34.5 Å². The summed E-state index contributed by atoms with van der Waals surface area (Å²) in [5.41, 5.74) is 2.51. The van der Waals surface area contributed by atoms with Crippen LogP contribution in [0.4, 0.5) is 0 Å². The van der Waals surface area contributed by atoms with Gasteiger partial charge in [-0.1, -0.05) is 37.8 Å². The Hall–Kier alpha value is -4.72. The van der Waals surface area contributed by atoms with Gasteiger partial charge in [-0.25, -0.2) is 9.59 Å². The first-order chi connectivity index (χ1) is 29.7. The molecule has 1 aliphatic heterocycles. The lowest BCUT2D eigenvalue weighted by Crippen LogP contribution is -2.50. The molecule has 12 atom stereocenters. The standard InChI is InChI=1S/C27H32O6.C24H28O6/c1-5-27(30)13-11-21-20-8-6-16-14-17(7-9-18(16)19(20)10-12-26(21,27)4)31-23(28)15-22-24(29)33-25(2,3)32-22;1-3-24(29)11-9-19-18-6-4-14-12-15(30-21(26)13-20(25)22(27)28)5-7-16(14)17(18)8-10-23(19,24)2/h1,7,9,14,19-22,30H,6,8,10-13,15H2,2-4H3;1,5,7,12,17-20,25,29H,4,6,8-11,13H2,2H3,(H,27,28)/t19?,20?,21?,22-,26+,27+;17?,18?,19?,20-,23+,24+/m11/s1. The number of carbonyl (C=O) groups is 4. The molecule has 2 aromatic rings. The van der Waals surface area contributed by atoms with E-state index in [1.165, 1.54) is 16.7 Å². The molecule has 9 rings (SSSR count). The van der Waals surface area contributed by atoms with Crippen molar-refractivity contribution in [2.75, 3.05) is 0 Å². The van der Waals surface area contributed by atoms with Crippen LogP contribution in [0, 0.1) is 59.2 Å². The van der Waals surface area contributed by atoms with E-state index in [0.29, 0.717) is 59.8 Å². The topological polar surface area (TPSA) is 186 Å². The second-order valence-corrected chi connectivity index (χ2v) is 20.2. The number of rotatable bonds is 7. The molecule has 0 aromatic heterocycles. The van der Waals surface area contributed by atoms with Crippen molar-refractivity contribution < 1.29 is 58.6 Å². The van der Waals surface area contributed by atoms with Crippen LogP contribution in [0.1, 0.15) is 139 Å². The predicted molar refractivity (Wildman–Crippen MR) is 229 cm³/mol. The van der Waals surface area contributed by atoms with E-state index in [-0.39, 0.29) is 17.3 Å². The SMILES string of the molecule is C#C[C@]1(O)CCC2C3CCc4cc(OC(=O)C[C@@H](O)C(=O)O)ccc4C3CC[C@@]21C.C#C[C@]1(O)CCC2C3CCc4cc(OC(=O)C[C@H]5OC(C)(C)OC5=O)ccc4C3CC[C@@]21C. The molecule has 1 heterocycles. The maximum atomic E-state index is 12.4. The summed E-state index contributed by atoms with van der Waals surface area (Å²) in [7, 11) is 0. The number of terminal acetylenes is 2. The number of carboxylic acids is 1. The van der Waals surface area contributed by atoms with Crippen LogP contribution < -0.4 is 9.47 Å². The van der Waals surface area contributed by atoms with Gasteiger partial charge in [0.05, 0.1) is 12.8 Å². The van der Waals surface area contributed by atoms with Gasteiger partial charge in [-0.05, 0) is 159 Å². The molecule has 63 heavy (non-hydrogen) atoms. The number of hydrogen-bond donors (Lipinski definition) is 4. The number of aryl methyl sites for hydroxylation is 2. The number of hydrogen-bond acceptors (Lipinski definition) is 11. The summed E-state index contributed by atoms with van der Waals surface area (Å²) in [4.78, 5) is 46.9. The fourth-order valence-electron chi connectivity index (χ4n) is 13.3. The van der Waals surface area contributed by atoms with Crippen LogP contribution in [0.15, 0.2) is 36.4 Å². The van der Waals surface area contributed by atoms with E-state index in [2.05, 4.69) is 31.8 Å². The normalized spacial score (nSPS) is 37.0. The van der Waals surface area contributed by atoms with Crippen molar-refractivity contribution in [3.63, 3.8) is 0 Å². The van der Waals surface area contributed by atoms with Gasteiger partial charge in [0.15, 0.2) is 12.2 Å². The summed E-state index contributed by atoms with van der Waals surface area (Å²) in [6.45, 7) is 7.62. The number of ether oxygens (including phenoxy) is 4. The summed E-state index contributed by atoms with van der Waals surface area (Å²) in [5.74, 6) is 4.67. The molecule has 5 fully saturated rings. The second-order valence-electron chi connectivity index (χ2n) is 20.2. The number of esters is 3. The Morgan fingerprint density at radius 1 is 0.746 bits per heavy atom. The van der Waals surface area contributed by atoms with Crippen molar-refractivity contribution in [1.82, 2.24) is 0 Å². The molecule has 0 bridgehead atoms. The Balaban J connectivity index is 0.000000174. The van der Waals surface area contributed by atoms with Gasteiger partial charge in [-0.15, -0.1) is 12.8 Å². The highest BCUT2D eigenvalue weighted by molar-refractivity contribution is 5.84. The molecule has 6 unspecified atom stereocenters. The fraction of sp³-hybridized carbons (Fsp3) is 0.608. The lowest BCUT2D eigenvalue weighted by Gasteiger charge is -2.52. The van der Waals surface area contributed by atoms with E-state index < -0.39 is 59.5 Å². The summed E-state index contributed by atoms with van der Waals surface area (Å²) >= 11 is 0. The van der Waals surface area contributed by atoms with Gasteiger partial charge >= 0.3 is 23.9 Å². The van der Waals surface area contributed by atoms with E-state index in [1.54, 1.807) is 19.9 Å². The molecule has 336 valence electrons. The third-order valence-corrected chi connectivity index (χ3v) is 16.7. The first kappa shape index (κ1) is 44.9. The Morgan fingerprint density at radius 2 is 1.22 bits per heavy atom. The maximum Gasteiger partial charge on any atom is 0.338 e. The quantitative estimate of drug-likeness (QED) is 0.134. The van der Waals surface area contributed by atoms with Gasteiger partial charge in [0, 0.05) is 24.7 Å². The largest absolute Gasteiger partial charge is 0.479 e. The smallest absolute Gasteiger partial charge is 0.338 e. The van der Waals surface area contributed by atoms with Crippen molar-refractivity contribution in [2.24, 2.45) is 34.5 Å². The van der Waals surface area contributed by atoms with Crippen molar-refractivity contribution in [1.29, 1.82) is 0 Å². The van der Waals surface area contributed by atoms with Crippen LogP contribution in [-0.2, 0) is 41.5 Å². The van der Waals surface area contributed by atoms with E-state index in [1.807, 2.05) is 24.3 Å².